The van der Waals surface area contributed by atoms with Crippen LogP contribution >= 0.6 is 12.2 Å². The molecule has 0 aromatic heterocycles. The Morgan fingerprint density at radius 2 is 1.94 bits per heavy atom. The van der Waals surface area contributed by atoms with E-state index in [0.717, 1.165) is 25.2 Å². The third-order valence-electron chi connectivity index (χ3n) is 2.83. The summed E-state index contributed by atoms with van der Waals surface area (Å²) >= 11 is 5.26. The van der Waals surface area contributed by atoms with Crippen LogP contribution in [0.3, 0.4) is 0 Å². The van der Waals surface area contributed by atoms with Crippen LogP contribution in [0.25, 0.3) is 0 Å². The molecule has 0 radical (unpaired) electrons. The normalized spacial score (nSPS) is 10.5. The molecule has 0 aliphatic heterocycles. The third kappa shape index (κ3) is 5.47. The van der Waals surface area contributed by atoms with Crippen molar-refractivity contribution in [3.63, 3.8) is 0 Å². The Hall–Kier alpha value is -1.13. The first-order chi connectivity index (χ1) is 8.49. The van der Waals surface area contributed by atoms with Crippen molar-refractivity contribution in [3.8, 4) is 0 Å². The summed E-state index contributed by atoms with van der Waals surface area (Å²) in [5.41, 5.74) is 3.61. The van der Waals surface area contributed by atoms with Gasteiger partial charge in [0.1, 0.15) is 0 Å². The first kappa shape index (κ1) is 14.9. The van der Waals surface area contributed by atoms with Gasteiger partial charge in [0.15, 0.2) is 5.11 Å². The smallest absolute Gasteiger partial charge is 0.170 e. The zero-order valence-corrected chi connectivity index (χ0v) is 12.5. The molecule has 1 rings (SSSR count). The molecule has 18 heavy (non-hydrogen) atoms. The minimum absolute atomic E-state index is 0.692. The van der Waals surface area contributed by atoms with Crippen molar-refractivity contribution < 1.29 is 0 Å². The molecule has 0 saturated heterocycles. The molecule has 0 amide bonds. The molecule has 0 atom stereocenters. The van der Waals surface area contributed by atoms with Crippen LogP contribution in [-0.4, -0.2) is 37.2 Å². The Bertz CT molecular complexity index is 402. The standard InChI is InChI=1S/C14H23N3S/c1-11-6-7-13(10-12(11)2)16-14(18)15-8-5-9-17(3)4/h6-7,10H,5,8-9H2,1-4H3,(H2,15,16,18). The van der Waals surface area contributed by atoms with Crippen molar-refractivity contribution in [2.24, 2.45) is 0 Å². The first-order valence-corrected chi connectivity index (χ1v) is 6.66. The van der Waals surface area contributed by atoms with Crippen LogP contribution < -0.4 is 10.6 Å². The Balaban J connectivity index is 2.33. The summed E-state index contributed by atoms with van der Waals surface area (Å²) in [7, 11) is 4.15. The molecule has 0 bridgehead atoms. The summed E-state index contributed by atoms with van der Waals surface area (Å²) in [6.07, 6.45) is 1.09. The van der Waals surface area contributed by atoms with Gasteiger partial charge in [-0.25, -0.2) is 0 Å². The topological polar surface area (TPSA) is 27.3 Å². The molecule has 0 spiro atoms. The predicted molar refractivity (Wildman–Crippen MR) is 83.3 cm³/mol. The molecule has 4 heteroatoms. The van der Waals surface area contributed by atoms with Crippen molar-refractivity contribution in [1.82, 2.24) is 10.2 Å². The van der Waals surface area contributed by atoms with Crippen molar-refractivity contribution in [2.45, 2.75) is 20.3 Å². The van der Waals surface area contributed by atoms with Gasteiger partial charge in [-0.3, -0.25) is 0 Å². The summed E-state index contributed by atoms with van der Waals surface area (Å²) in [6, 6.07) is 6.27. The maximum Gasteiger partial charge on any atom is 0.170 e. The molecular formula is C14H23N3S. The van der Waals surface area contributed by atoms with E-state index in [4.69, 9.17) is 12.2 Å². The molecule has 0 fully saturated rings. The number of nitrogens with one attached hydrogen (secondary N) is 2. The van der Waals surface area contributed by atoms with E-state index in [2.05, 4.69) is 61.7 Å². The van der Waals surface area contributed by atoms with E-state index in [1.807, 2.05) is 0 Å². The maximum absolute atomic E-state index is 5.26. The van der Waals surface area contributed by atoms with E-state index in [-0.39, 0.29) is 0 Å². The van der Waals surface area contributed by atoms with Crippen LogP contribution in [0.2, 0.25) is 0 Å². The molecule has 0 aliphatic rings. The second kappa shape index (κ2) is 7.34. The number of hydrogen-bond donors (Lipinski definition) is 2. The van der Waals surface area contributed by atoms with Crippen molar-refractivity contribution in [2.75, 3.05) is 32.5 Å². The molecule has 1 aromatic rings. The van der Waals surface area contributed by atoms with Crippen LogP contribution in [0, 0.1) is 13.8 Å². The number of hydrogen-bond acceptors (Lipinski definition) is 2. The lowest BCUT2D eigenvalue weighted by Gasteiger charge is -2.13. The number of rotatable bonds is 5. The predicted octanol–water partition coefficient (Wildman–Crippen LogP) is 2.54. The lowest BCUT2D eigenvalue weighted by atomic mass is 10.1. The van der Waals surface area contributed by atoms with Gasteiger partial charge in [0.2, 0.25) is 0 Å². The largest absolute Gasteiger partial charge is 0.362 e. The van der Waals surface area contributed by atoms with E-state index in [1.165, 1.54) is 11.1 Å². The highest BCUT2D eigenvalue weighted by molar-refractivity contribution is 7.80. The molecule has 100 valence electrons. The van der Waals surface area contributed by atoms with Gasteiger partial charge in [0.25, 0.3) is 0 Å². The average Bonchev–Trinajstić information content (AvgIpc) is 2.29. The SMILES string of the molecule is Cc1ccc(NC(=S)NCCCN(C)C)cc1C. The van der Waals surface area contributed by atoms with Crippen LogP contribution in [0.5, 0.6) is 0 Å². The number of thiocarbonyl (C=S) groups is 1. The fourth-order valence-electron chi connectivity index (χ4n) is 1.59. The minimum atomic E-state index is 0.692. The van der Waals surface area contributed by atoms with Gasteiger partial charge in [0, 0.05) is 12.2 Å². The van der Waals surface area contributed by atoms with Crippen LogP contribution in [0.4, 0.5) is 5.69 Å². The molecular weight excluding hydrogens is 242 g/mol. The molecule has 1 aromatic carbocycles. The Morgan fingerprint density at radius 3 is 2.56 bits per heavy atom. The van der Waals surface area contributed by atoms with Gasteiger partial charge >= 0.3 is 0 Å². The van der Waals surface area contributed by atoms with Gasteiger partial charge in [-0.2, -0.15) is 0 Å². The van der Waals surface area contributed by atoms with E-state index in [0.29, 0.717) is 5.11 Å². The maximum atomic E-state index is 5.26. The molecule has 2 N–H and O–H groups in total. The van der Waals surface area contributed by atoms with Crippen LogP contribution in [-0.2, 0) is 0 Å². The number of anilines is 1. The van der Waals surface area contributed by atoms with Gasteiger partial charge in [-0.1, -0.05) is 6.07 Å². The number of nitrogens with zero attached hydrogens (tertiary/aromatic N) is 1. The fourth-order valence-corrected chi connectivity index (χ4v) is 1.81. The highest BCUT2D eigenvalue weighted by Gasteiger charge is 1.99. The number of benzene rings is 1. The fraction of sp³-hybridized carbons (Fsp3) is 0.500. The number of aryl methyl sites for hydroxylation is 2. The van der Waals surface area contributed by atoms with E-state index in [9.17, 15) is 0 Å². The summed E-state index contributed by atoms with van der Waals surface area (Å²) in [5, 5.41) is 7.11. The van der Waals surface area contributed by atoms with Crippen molar-refractivity contribution >= 4 is 23.0 Å². The monoisotopic (exact) mass is 265 g/mol. The van der Waals surface area contributed by atoms with Crippen molar-refractivity contribution in [3.05, 3.63) is 29.3 Å². The molecule has 0 heterocycles. The summed E-state index contributed by atoms with van der Waals surface area (Å²) in [6.45, 7) is 6.18. The summed E-state index contributed by atoms with van der Waals surface area (Å²) < 4.78 is 0. The second-order valence-electron chi connectivity index (χ2n) is 4.84. The first-order valence-electron chi connectivity index (χ1n) is 6.26. The Morgan fingerprint density at radius 1 is 1.22 bits per heavy atom. The lowest BCUT2D eigenvalue weighted by Crippen LogP contribution is -2.30. The lowest BCUT2D eigenvalue weighted by molar-refractivity contribution is 0.400. The zero-order valence-electron chi connectivity index (χ0n) is 11.7. The minimum Gasteiger partial charge on any atom is -0.362 e. The quantitative estimate of drug-likeness (QED) is 0.632. The average molecular weight is 265 g/mol. The van der Waals surface area contributed by atoms with Gasteiger partial charge in [-0.15, -0.1) is 0 Å². The Labute approximate surface area is 116 Å². The summed E-state index contributed by atoms with van der Waals surface area (Å²) in [4.78, 5) is 2.17. The highest BCUT2D eigenvalue weighted by atomic mass is 32.1. The van der Waals surface area contributed by atoms with Gasteiger partial charge in [0.05, 0.1) is 0 Å². The highest BCUT2D eigenvalue weighted by Crippen LogP contribution is 2.13. The van der Waals surface area contributed by atoms with E-state index >= 15 is 0 Å². The van der Waals surface area contributed by atoms with Crippen LogP contribution in [0.15, 0.2) is 18.2 Å². The second-order valence-corrected chi connectivity index (χ2v) is 5.25. The Kier molecular flexibility index (Phi) is 6.09. The van der Waals surface area contributed by atoms with Gasteiger partial charge in [-0.05, 0) is 76.4 Å². The molecule has 0 aliphatic carbocycles. The molecule has 3 nitrogen and oxygen atoms in total. The van der Waals surface area contributed by atoms with E-state index < -0.39 is 0 Å². The molecule has 0 unspecified atom stereocenters. The summed E-state index contributed by atoms with van der Waals surface area (Å²) in [5.74, 6) is 0. The van der Waals surface area contributed by atoms with Gasteiger partial charge < -0.3 is 15.5 Å². The third-order valence-corrected chi connectivity index (χ3v) is 3.08. The van der Waals surface area contributed by atoms with Crippen molar-refractivity contribution in [1.29, 1.82) is 0 Å². The molecule has 0 saturated carbocycles. The van der Waals surface area contributed by atoms with Crippen LogP contribution in [0.1, 0.15) is 17.5 Å². The zero-order chi connectivity index (χ0) is 13.5. The van der Waals surface area contributed by atoms with E-state index in [1.54, 1.807) is 0 Å².